The molecule has 0 aliphatic heterocycles. The number of carbonyl (C=O) groups excluding carboxylic acids is 2. The van der Waals surface area contributed by atoms with Gasteiger partial charge in [-0.25, -0.2) is 9.59 Å². The third-order valence-electron chi connectivity index (χ3n) is 5.58. The highest BCUT2D eigenvalue weighted by atomic mass is 35.5. The first-order chi connectivity index (χ1) is 17.6. The molecule has 1 N–H and O–H groups in total. The first kappa shape index (κ1) is 28.1. The molecule has 3 rings (SSSR count). The molecule has 0 fully saturated rings. The van der Waals surface area contributed by atoms with Crippen LogP contribution in [0, 0.1) is 0 Å². The van der Waals surface area contributed by atoms with Gasteiger partial charge in [-0.15, -0.1) is 0 Å². The molecule has 7 heteroatoms. The fraction of sp³-hybridized carbons (Fsp3) is 0.333. The molecule has 37 heavy (non-hydrogen) atoms. The van der Waals surface area contributed by atoms with Crippen LogP contribution in [0.1, 0.15) is 44.7 Å². The molecule has 1 amide bonds. The Kier molecular flexibility index (Phi) is 9.98. The van der Waals surface area contributed by atoms with E-state index in [1.807, 2.05) is 72.8 Å². The van der Waals surface area contributed by atoms with E-state index in [4.69, 9.17) is 25.8 Å². The largest absolute Gasteiger partial charge is 0.489 e. The molecule has 0 saturated carbocycles. The minimum atomic E-state index is -0.795. The van der Waals surface area contributed by atoms with E-state index in [1.54, 1.807) is 20.8 Å². The van der Waals surface area contributed by atoms with Gasteiger partial charge in [-0.05, 0) is 80.5 Å². The third kappa shape index (κ3) is 9.14. The van der Waals surface area contributed by atoms with Crippen LogP contribution in [-0.4, -0.2) is 30.8 Å². The summed E-state index contributed by atoms with van der Waals surface area (Å²) in [6, 6.07) is 23.1. The molecule has 1 atom stereocenters. The number of halogens is 1. The highest BCUT2D eigenvalue weighted by molar-refractivity contribution is 6.31. The van der Waals surface area contributed by atoms with E-state index in [0.29, 0.717) is 30.9 Å². The van der Waals surface area contributed by atoms with Gasteiger partial charge >= 0.3 is 12.1 Å². The van der Waals surface area contributed by atoms with Crippen LogP contribution in [0.2, 0.25) is 5.02 Å². The van der Waals surface area contributed by atoms with Gasteiger partial charge in [0.25, 0.3) is 0 Å². The quantitative estimate of drug-likeness (QED) is 0.290. The van der Waals surface area contributed by atoms with Crippen LogP contribution in [0.4, 0.5) is 4.79 Å². The molecular weight excluding hydrogens is 490 g/mol. The second kappa shape index (κ2) is 13.2. The molecule has 0 saturated heterocycles. The zero-order chi connectivity index (χ0) is 26.8. The van der Waals surface area contributed by atoms with Gasteiger partial charge in [0, 0.05) is 5.02 Å². The molecule has 3 aromatic rings. The van der Waals surface area contributed by atoms with Crippen LogP contribution in [0.15, 0.2) is 72.8 Å². The SMILES string of the molecule is COC(=O)C(CCCc1ccc(-c2cccc(OCc3ccccc3)c2)cc1Cl)NC(=O)OC(C)(C)C. The Morgan fingerprint density at radius 3 is 2.35 bits per heavy atom. The maximum atomic E-state index is 12.1. The molecule has 1 unspecified atom stereocenters. The van der Waals surface area contributed by atoms with Gasteiger partial charge in [0.1, 0.15) is 24.0 Å². The molecule has 196 valence electrons. The van der Waals surface area contributed by atoms with E-state index in [1.165, 1.54) is 7.11 Å². The summed E-state index contributed by atoms with van der Waals surface area (Å²) in [5.74, 6) is 0.273. The smallest absolute Gasteiger partial charge is 0.408 e. The van der Waals surface area contributed by atoms with Crippen LogP contribution in [-0.2, 0) is 27.3 Å². The van der Waals surface area contributed by atoms with Crippen molar-refractivity contribution in [2.24, 2.45) is 0 Å². The first-order valence-corrected chi connectivity index (χ1v) is 12.7. The van der Waals surface area contributed by atoms with Crippen molar-refractivity contribution < 1.29 is 23.8 Å². The summed E-state index contributed by atoms with van der Waals surface area (Å²) in [5.41, 5.74) is 3.40. The van der Waals surface area contributed by atoms with E-state index in [9.17, 15) is 9.59 Å². The number of rotatable bonds is 10. The highest BCUT2D eigenvalue weighted by Gasteiger charge is 2.24. The Hall–Kier alpha value is -3.51. The van der Waals surface area contributed by atoms with Crippen molar-refractivity contribution in [1.29, 1.82) is 0 Å². The first-order valence-electron chi connectivity index (χ1n) is 12.3. The summed E-state index contributed by atoms with van der Waals surface area (Å²) < 4.78 is 16.1. The zero-order valence-corrected chi connectivity index (χ0v) is 22.5. The van der Waals surface area contributed by atoms with Gasteiger partial charge < -0.3 is 19.5 Å². The number of benzene rings is 3. The molecule has 0 radical (unpaired) electrons. The van der Waals surface area contributed by atoms with Crippen LogP contribution < -0.4 is 10.1 Å². The fourth-order valence-corrected chi connectivity index (χ4v) is 4.05. The Morgan fingerprint density at radius 2 is 1.68 bits per heavy atom. The van der Waals surface area contributed by atoms with E-state index < -0.39 is 23.7 Å². The minimum Gasteiger partial charge on any atom is -0.489 e. The summed E-state index contributed by atoms with van der Waals surface area (Å²) >= 11 is 6.61. The molecule has 0 bridgehead atoms. The lowest BCUT2D eigenvalue weighted by Crippen LogP contribution is -2.44. The average molecular weight is 524 g/mol. The summed E-state index contributed by atoms with van der Waals surface area (Å²) in [6.07, 6.45) is 1.01. The molecule has 6 nitrogen and oxygen atoms in total. The van der Waals surface area contributed by atoms with Crippen LogP contribution >= 0.6 is 11.6 Å². The number of nitrogens with one attached hydrogen (secondary N) is 1. The van der Waals surface area contributed by atoms with Gasteiger partial charge in [0.05, 0.1) is 7.11 Å². The van der Waals surface area contributed by atoms with Gasteiger partial charge in [-0.1, -0.05) is 66.2 Å². The Bertz CT molecular complexity index is 1190. The summed E-state index contributed by atoms with van der Waals surface area (Å²) in [7, 11) is 1.30. The molecule has 0 aromatic heterocycles. The van der Waals surface area contributed by atoms with Crippen molar-refractivity contribution in [2.75, 3.05) is 7.11 Å². The highest BCUT2D eigenvalue weighted by Crippen LogP contribution is 2.29. The second-order valence-electron chi connectivity index (χ2n) is 9.72. The predicted octanol–water partition coefficient (Wildman–Crippen LogP) is 6.98. The zero-order valence-electron chi connectivity index (χ0n) is 21.8. The minimum absolute atomic E-state index is 0.394. The number of esters is 1. The van der Waals surface area contributed by atoms with Crippen molar-refractivity contribution >= 4 is 23.7 Å². The van der Waals surface area contributed by atoms with Crippen molar-refractivity contribution in [1.82, 2.24) is 5.32 Å². The molecular formula is C30H34ClNO5. The normalized spacial score (nSPS) is 11.9. The molecule has 0 aliphatic carbocycles. The number of hydrogen-bond acceptors (Lipinski definition) is 5. The number of aryl methyl sites for hydroxylation is 1. The Balaban J connectivity index is 1.59. The van der Waals surface area contributed by atoms with Crippen molar-refractivity contribution in [3.63, 3.8) is 0 Å². The monoisotopic (exact) mass is 523 g/mol. The third-order valence-corrected chi connectivity index (χ3v) is 5.94. The number of carbonyl (C=O) groups is 2. The fourth-order valence-electron chi connectivity index (χ4n) is 3.77. The molecule has 0 aliphatic rings. The van der Waals surface area contributed by atoms with Crippen molar-refractivity contribution in [3.05, 3.63) is 88.9 Å². The van der Waals surface area contributed by atoms with Crippen LogP contribution in [0.5, 0.6) is 5.75 Å². The number of alkyl carbamates (subject to hydrolysis) is 1. The summed E-state index contributed by atoms with van der Waals surface area (Å²) in [4.78, 5) is 24.3. The number of amides is 1. The van der Waals surface area contributed by atoms with E-state index in [0.717, 1.165) is 28.0 Å². The lowest BCUT2D eigenvalue weighted by molar-refractivity contribution is -0.143. The molecule has 0 heterocycles. The van der Waals surface area contributed by atoms with Gasteiger partial charge in [-0.3, -0.25) is 0 Å². The standard InChI is InChI=1S/C30H34ClNO5/c1-30(2,3)37-29(34)32-27(28(33)35-4)15-9-12-22-16-17-24(19-26(22)31)23-13-8-14-25(18-23)36-20-21-10-6-5-7-11-21/h5-8,10-11,13-14,16-19,27H,9,12,15,20H2,1-4H3,(H,32,34). The Morgan fingerprint density at radius 1 is 0.946 bits per heavy atom. The maximum Gasteiger partial charge on any atom is 0.408 e. The molecule has 0 spiro atoms. The maximum absolute atomic E-state index is 12.1. The summed E-state index contributed by atoms with van der Waals surface area (Å²) in [5, 5.41) is 3.24. The second-order valence-corrected chi connectivity index (χ2v) is 10.1. The lowest BCUT2D eigenvalue weighted by atomic mass is 10.00. The van der Waals surface area contributed by atoms with Crippen LogP contribution in [0.25, 0.3) is 11.1 Å². The van der Waals surface area contributed by atoms with Crippen molar-refractivity contribution in [3.8, 4) is 16.9 Å². The van der Waals surface area contributed by atoms with Crippen molar-refractivity contribution in [2.45, 2.75) is 58.3 Å². The van der Waals surface area contributed by atoms with Crippen LogP contribution in [0.3, 0.4) is 0 Å². The lowest BCUT2D eigenvalue weighted by Gasteiger charge is -2.22. The van der Waals surface area contributed by atoms with Gasteiger partial charge in [0.15, 0.2) is 0 Å². The molecule has 3 aromatic carbocycles. The number of hydrogen-bond donors (Lipinski definition) is 1. The number of methoxy groups -OCH3 is 1. The topological polar surface area (TPSA) is 73.9 Å². The van der Waals surface area contributed by atoms with E-state index >= 15 is 0 Å². The van der Waals surface area contributed by atoms with E-state index in [2.05, 4.69) is 5.32 Å². The number of ether oxygens (including phenoxy) is 3. The van der Waals surface area contributed by atoms with Gasteiger partial charge in [-0.2, -0.15) is 0 Å². The summed E-state index contributed by atoms with van der Waals surface area (Å²) in [6.45, 7) is 5.79. The Labute approximate surface area is 223 Å². The van der Waals surface area contributed by atoms with Gasteiger partial charge in [0.2, 0.25) is 0 Å². The average Bonchev–Trinajstić information content (AvgIpc) is 2.87. The predicted molar refractivity (Wildman–Crippen MR) is 146 cm³/mol. The van der Waals surface area contributed by atoms with E-state index in [-0.39, 0.29) is 0 Å².